The van der Waals surface area contributed by atoms with Gasteiger partial charge in [-0.1, -0.05) is 74.7 Å². The number of halogens is 1. The Morgan fingerprint density at radius 3 is 1.77 bits per heavy atom. The molecular weight excluding hydrogens is 556 g/mol. The molecule has 0 spiro atoms. The highest BCUT2D eigenvalue weighted by Crippen LogP contribution is 2.37. The second-order valence-electron chi connectivity index (χ2n) is 12.2. The highest BCUT2D eigenvalue weighted by molar-refractivity contribution is 6.37. The number of fused-ring (bicyclic) bond motifs is 2. The van der Waals surface area contributed by atoms with Crippen molar-refractivity contribution in [3.63, 3.8) is 0 Å². The van der Waals surface area contributed by atoms with Crippen LogP contribution in [0.1, 0.15) is 98.8 Å². The molecule has 2 fully saturated rings. The normalized spacial score (nSPS) is 21.9. The molecule has 43 heavy (non-hydrogen) atoms. The van der Waals surface area contributed by atoms with Crippen LogP contribution < -0.4 is 9.47 Å². The van der Waals surface area contributed by atoms with Crippen LogP contribution in [-0.4, -0.2) is 24.8 Å². The number of hydrogen-bond donors (Lipinski definition) is 0. The Morgan fingerprint density at radius 2 is 1.16 bits per heavy atom. The molecule has 0 heterocycles. The van der Waals surface area contributed by atoms with Crippen molar-refractivity contribution in [2.45, 2.75) is 90.3 Å². The van der Waals surface area contributed by atoms with Crippen LogP contribution in [0.15, 0.2) is 66.7 Å². The van der Waals surface area contributed by atoms with Crippen molar-refractivity contribution in [3.8, 4) is 11.5 Å². The fraction of sp³-hybridized carbons (Fsp3) is 0.421. The van der Waals surface area contributed by atoms with Gasteiger partial charge in [-0.25, -0.2) is 0 Å². The van der Waals surface area contributed by atoms with Gasteiger partial charge in [0.1, 0.15) is 24.1 Å². The first-order valence-electron chi connectivity index (χ1n) is 16.0. The van der Waals surface area contributed by atoms with Crippen molar-refractivity contribution in [1.29, 1.82) is 0 Å². The monoisotopic (exact) mass is 598 g/mol. The van der Waals surface area contributed by atoms with Crippen molar-refractivity contribution in [2.75, 3.05) is 0 Å². The van der Waals surface area contributed by atoms with Crippen LogP contribution in [0, 0.1) is 11.8 Å². The average molecular weight is 599 g/mol. The molecule has 0 saturated heterocycles. The first-order chi connectivity index (χ1) is 21.0. The molecule has 5 heteroatoms. The summed E-state index contributed by atoms with van der Waals surface area (Å²) in [4.78, 5) is 21.8. The maximum Gasteiger partial charge on any atom is 0.150 e. The van der Waals surface area contributed by atoms with Crippen molar-refractivity contribution < 1.29 is 19.1 Å². The number of aldehydes is 2. The summed E-state index contributed by atoms with van der Waals surface area (Å²) in [7, 11) is 0. The number of carbonyl (C=O) groups is 2. The van der Waals surface area contributed by atoms with Gasteiger partial charge in [0.15, 0.2) is 0 Å². The van der Waals surface area contributed by atoms with E-state index < -0.39 is 0 Å². The SMILES string of the molecule is CCC1CCC(Oc2ccc3ccc(C=O)cc3c2)CC1.CCC1CCC(Oc2ccc3ccc(C=O)cc3c2Cl)CC1. The van der Waals surface area contributed by atoms with Gasteiger partial charge in [-0.15, -0.1) is 0 Å². The summed E-state index contributed by atoms with van der Waals surface area (Å²) in [6.07, 6.45) is 14.4. The predicted molar refractivity (Wildman–Crippen MR) is 177 cm³/mol. The van der Waals surface area contributed by atoms with E-state index in [1.165, 1.54) is 38.5 Å². The van der Waals surface area contributed by atoms with Gasteiger partial charge in [-0.2, -0.15) is 0 Å². The molecule has 0 aromatic heterocycles. The summed E-state index contributed by atoms with van der Waals surface area (Å²) in [6, 6.07) is 21.4. The first kappa shape index (κ1) is 31.1. The topological polar surface area (TPSA) is 52.6 Å². The fourth-order valence-corrected chi connectivity index (χ4v) is 6.79. The van der Waals surface area contributed by atoms with Crippen LogP contribution in [-0.2, 0) is 0 Å². The molecule has 4 aromatic rings. The van der Waals surface area contributed by atoms with Crippen LogP contribution in [0.5, 0.6) is 11.5 Å². The number of carbonyl (C=O) groups excluding carboxylic acids is 2. The largest absolute Gasteiger partial charge is 0.490 e. The van der Waals surface area contributed by atoms with Crippen molar-refractivity contribution in [1.82, 2.24) is 0 Å². The smallest absolute Gasteiger partial charge is 0.150 e. The van der Waals surface area contributed by atoms with Gasteiger partial charge in [0.25, 0.3) is 0 Å². The molecule has 0 bridgehead atoms. The van der Waals surface area contributed by atoms with Crippen LogP contribution >= 0.6 is 11.6 Å². The number of rotatable bonds is 8. The highest BCUT2D eigenvalue weighted by atomic mass is 35.5. The summed E-state index contributed by atoms with van der Waals surface area (Å²) < 4.78 is 12.3. The molecule has 0 N–H and O–H groups in total. The van der Waals surface area contributed by atoms with E-state index in [-0.39, 0.29) is 6.10 Å². The third-order valence-electron chi connectivity index (χ3n) is 9.39. The molecule has 2 aliphatic rings. The zero-order valence-corrected chi connectivity index (χ0v) is 26.2. The van der Waals surface area contributed by atoms with E-state index >= 15 is 0 Å². The van der Waals surface area contributed by atoms with E-state index in [2.05, 4.69) is 19.9 Å². The van der Waals surface area contributed by atoms with E-state index in [0.717, 1.165) is 83.1 Å². The van der Waals surface area contributed by atoms with Crippen LogP contribution in [0.4, 0.5) is 0 Å². The molecule has 0 aliphatic heterocycles. The molecule has 2 aliphatic carbocycles. The quantitative estimate of drug-likeness (QED) is 0.189. The van der Waals surface area contributed by atoms with Gasteiger partial charge in [-0.05, 0) is 110 Å². The number of benzene rings is 4. The maximum absolute atomic E-state index is 10.9. The molecule has 4 aromatic carbocycles. The Bertz CT molecular complexity index is 1530. The lowest BCUT2D eigenvalue weighted by atomic mass is 9.86. The Labute approximate surface area is 260 Å². The molecule has 2 saturated carbocycles. The fourth-order valence-electron chi connectivity index (χ4n) is 6.52. The van der Waals surface area contributed by atoms with E-state index in [0.29, 0.717) is 22.3 Å². The minimum Gasteiger partial charge on any atom is -0.490 e. The van der Waals surface area contributed by atoms with E-state index in [1.807, 2.05) is 54.6 Å². The summed E-state index contributed by atoms with van der Waals surface area (Å²) in [5.74, 6) is 3.39. The lowest BCUT2D eigenvalue weighted by Crippen LogP contribution is -2.24. The van der Waals surface area contributed by atoms with E-state index in [4.69, 9.17) is 21.1 Å². The molecule has 0 atom stereocenters. The molecule has 226 valence electrons. The molecule has 6 rings (SSSR count). The first-order valence-corrected chi connectivity index (χ1v) is 16.4. The van der Waals surface area contributed by atoms with Crippen molar-refractivity contribution in [3.05, 3.63) is 82.9 Å². The lowest BCUT2D eigenvalue weighted by Gasteiger charge is -2.28. The van der Waals surface area contributed by atoms with Crippen LogP contribution in [0.2, 0.25) is 5.02 Å². The van der Waals surface area contributed by atoms with E-state index in [1.54, 1.807) is 6.07 Å². The number of hydrogen-bond acceptors (Lipinski definition) is 4. The highest BCUT2D eigenvalue weighted by Gasteiger charge is 2.23. The van der Waals surface area contributed by atoms with Gasteiger partial charge < -0.3 is 9.47 Å². The summed E-state index contributed by atoms with van der Waals surface area (Å²) in [6.45, 7) is 4.54. The molecule has 0 amide bonds. The summed E-state index contributed by atoms with van der Waals surface area (Å²) in [5, 5.41) is 4.73. The average Bonchev–Trinajstić information content (AvgIpc) is 3.06. The maximum atomic E-state index is 10.9. The molecular formula is C38H43ClO4. The second kappa shape index (κ2) is 14.9. The Kier molecular flexibility index (Phi) is 10.8. The van der Waals surface area contributed by atoms with Crippen LogP contribution in [0.25, 0.3) is 21.5 Å². The Morgan fingerprint density at radius 1 is 0.628 bits per heavy atom. The Hall–Kier alpha value is -3.37. The third kappa shape index (κ3) is 7.97. The summed E-state index contributed by atoms with van der Waals surface area (Å²) >= 11 is 6.50. The van der Waals surface area contributed by atoms with Gasteiger partial charge in [0.05, 0.1) is 17.2 Å². The second-order valence-corrected chi connectivity index (χ2v) is 12.6. The number of ether oxygens (including phenoxy) is 2. The lowest BCUT2D eigenvalue weighted by molar-refractivity contribution is 0.111. The molecule has 0 unspecified atom stereocenters. The van der Waals surface area contributed by atoms with Gasteiger partial charge in [0, 0.05) is 16.5 Å². The van der Waals surface area contributed by atoms with Gasteiger partial charge in [0.2, 0.25) is 0 Å². The third-order valence-corrected chi connectivity index (χ3v) is 9.78. The minimum absolute atomic E-state index is 0.256. The van der Waals surface area contributed by atoms with Gasteiger partial charge >= 0.3 is 0 Å². The zero-order valence-electron chi connectivity index (χ0n) is 25.4. The molecule has 4 nitrogen and oxygen atoms in total. The molecule has 0 radical (unpaired) electrons. The van der Waals surface area contributed by atoms with E-state index in [9.17, 15) is 9.59 Å². The van der Waals surface area contributed by atoms with Gasteiger partial charge in [-0.3, -0.25) is 9.59 Å². The van der Waals surface area contributed by atoms with Crippen molar-refractivity contribution in [2.24, 2.45) is 11.8 Å². The van der Waals surface area contributed by atoms with Crippen molar-refractivity contribution >= 4 is 45.7 Å². The Balaban J connectivity index is 0.000000171. The minimum atomic E-state index is 0.256. The van der Waals surface area contributed by atoms with Crippen LogP contribution in [0.3, 0.4) is 0 Å². The predicted octanol–water partition coefficient (Wildman–Crippen LogP) is 10.7. The standard InChI is InChI=1S/C19H21ClO2.C19H22O2/c1-2-13-4-8-16(9-5-13)22-18-10-7-15-6-3-14(12-21)11-17(15)19(18)20;1-2-14-4-8-18(9-5-14)21-19-10-7-16-6-3-15(13-20)11-17(16)12-19/h3,6-7,10-13,16H,2,4-5,8-9H2,1H3;3,6-7,10-14,18H,2,4-5,8-9H2,1H3. The summed E-state index contributed by atoms with van der Waals surface area (Å²) in [5.41, 5.74) is 1.35. The zero-order chi connectivity index (χ0) is 30.2.